The molecule has 1 heterocycles. The maximum atomic E-state index is 6.02. The summed E-state index contributed by atoms with van der Waals surface area (Å²) in [4.78, 5) is 8.88. The molecule has 0 saturated carbocycles. The molecule has 0 aliphatic carbocycles. The molecule has 21 heavy (non-hydrogen) atoms. The Kier molecular flexibility index (Phi) is 5.26. The number of nitrogens with zero attached hydrogens (tertiary/aromatic N) is 2. The minimum absolute atomic E-state index is 0.581. The number of nitrogens with one attached hydrogen (secondary N) is 2. The van der Waals surface area contributed by atoms with Crippen LogP contribution in [0.1, 0.15) is 24.7 Å². The zero-order chi connectivity index (χ0) is 15.4. The normalized spacial score (nSPS) is 10.5. The molecule has 0 atom stereocenters. The highest BCUT2D eigenvalue weighted by atomic mass is 35.5. The first-order valence-corrected chi connectivity index (χ1v) is 7.57. The zero-order valence-corrected chi connectivity index (χ0v) is 13.8. The molecule has 2 rings (SSSR count). The molecule has 0 aliphatic heterocycles. The second-order valence-corrected chi connectivity index (χ2v) is 5.68. The van der Waals surface area contributed by atoms with Crippen molar-refractivity contribution in [1.29, 1.82) is 0 Å². The highest BCUT2D eigenvalue weighted by Crippen LogP contribution is 2.27. The molecule has 0 bridgehead atoms. The minimum Gasteiger partial charge on any atom is -0.370 e. The summed E-state index contributed by atoms with van der Waals surface area (Å²) in [6.45, 7) is 6.84. The summed E-state index contributed by atoms with van der Waals surface area (Å²) in [6, 6.07) is 5.31. The van der Waals surface area contributed by atoms with Gasteiger partial charge in [0.05, 0.1) is 0 Å². The van der Waals surface area contributed by atoms with E-state index >= 15 is 0 Å². The summed E-state index contributed by atoms with van der Waals surface area (Å²) in [5.41, 5.74) is 1.76. The molecule has 6 heteroatoms. The molecular formula is C15H18Cl2N4. The van der Waals surface area contributed by atoms with Gasteiger partial charge in [-0.1, -0.05) is 30.1 Å². The number of benzene rings is 1. The summed E-state index contributed by atoms with van der Waals surface area (Å²) in [7, 11) is 0. The van der Waals surface area contributed by atoms with E-state index < -0.39 is 0 Å². The van der Waals surface area contributed by atoms with Crippen molar-refractivity contribution in [2.24, 2.45) is 0 Å². The number of rotatable bonds is 5. The number of anilines is 3. The minimum atomic E-state index is 0.581. The van der Waals surface area contributed by atoms with Gasteiger partial charge in [0, 0.05) is 27.8 Å². The Balaban J connectivity index is 2.32. The molecule has 0 amide bonds. The summed E-state index contributed by atoms with van der Waals surface area (Å²) in [5.74, 6) is 2.30. The number of halogens is 2. The van der Waals surface area contributed by atoms with Gasteiger partial charge in [-0.05, 0) is 38.5 Å². The maximum absolute atomic E-state index is 6.02. The van der Waals surface area contributed by atoms with Crippen LogP contribution in [0, 0.1) is 13.8 Å². The van der Waals surface area contributed by atoms with Crippen molar-refractivity contribution in [3.8, 4) is 0 Å². The van der Waals surface area contributed by atoms with Gasteiger partial charge < -0.3 is 10.6 Å². The fourth-order valence-corrected chi connectivity index (χ4v) is 2.45. The number of aryl methyl sites for hydroxylation is 1. The van der Waals surface area contributed by atoms with Gasteiger partial charge in [0.15, 0.2) is 0 Å². The van der Waals surface area contributed by atoms with Gasteiger partial charge in [-0.3, -0.25) is 0 Å². The van der Waals surface area contributed by atoms with Crippen LogP contribution in [0.5, 0.6) is 0 Å². The lowest BCUT2D eigenvalue weighted by Crippen LogP contribution is -2.08. The van der Waals surface area contributed by atoms with Crippen molar-refractivity contribution < 1.29 is 0 Å². The van der Waals surface area contributed by atoms with E-state index in [1.165, 1.54) is 0 Å². The van der Waals surface area contributed by atoms with Crippen molar-refractivity contribution in [1.82, 2.24) is 9.97 Å². The standard InChI is InChI=1S/C15H18Cl2N4/c1-4-5-18-14-9(2)15(20-10(3)19-14)21-13-7-11(16)6-12(17)8-13/h6-8H,4-5H2,1-3H3,(H2,18,19,20,21). The Morgan fingerprint density at radius 3 is 2.24 bits per heavy atom. The van der Waals surface area contributed by atoms with Crippen LogP contribution in [-0.2, 0) is 0 Å². The average molecular weight is 325 g/mol. The predicted octanol–water partition coefficient (Wildman–Crippen LogP) is 4.97. The van der Waals surface area contributed by atoms with Gasteiger partial charge in [0.25, 0.3) is 0 Å². The molecule has 112 valence electrons. The molecule has 0 aliphatic rings. The van der Waals surface area contributed by atoms with Crippen LogP contribution < -0.4 is 10.6 Å². The smallest absolute Gasteiger partial charge is 0.139 e. The predicted molar refractivity (Wildman–Crippen MR) is 90.0 cm³/mol. The van der Waals surface area contributed by atoms with Gasteiger partial charge in [-0.15, -0.1) is 0 Å². The molecule has 1 aromatic carbocycles. The topological polar surface area (TPSA) is 49.8 Å². The van der Waals surface area contributed by atoms with E-state index in [0.717, 1.165) is 35.9 Å². The fourth-order valence-electron chi connectivity index (χ4n) is 1.93. The van der Waals surface area contributed by atoms with Crippen molar-refractivity contribution in [2.75, 3.05) is 17.2 Å². The van der Waals surface area contributed by atoms with Crippen LogP contribution in [0.3, 0.4) is 0 Å². The fraction of sp³-hybridized carbons (Fsp3) is 0.333. The quantitative estimate of drug-likeness (QED) is 0.815. The number of hydrogen-bond acceptors (Lipinski definition) is 4. The van der Waals surface area contributed by atoms with Crippen molar-refractivity contribution >= 4 is 40.5 Å². The van der Waals surface area contributed by atoms with E-state index in [1.54, 1.807) is 6.07 Å². The molecule has 2 N–H and O–H groups in total. The van der Waals surface area contributed by atoms with E-state index in [-0.39, 0.29) is 0 Å². The lowest BCUT2D eigenvalue weighted by atomic mass is 10.2. The summed E-state index contributed by atoms with van der Waals surface area (Å²) in [5, 5.41) is 7.72. The third-order valence-corrected chi connectivity index (χ3v) is 3.36. The zero-order valence-electron chi connectivity index (χ0n) is 12.3. The summed E-state index contributed by atoms with van der Waals surface area (Å²) in [6.07, 6.45) is 1.04. The second kappa shape index (κ2) is 6.96. The van der Waals surface area contributed by atoms with E-state index in [0.29, 0.717) is 15.9 Å². The van der Waals surface area contributed by atoms with Gasteiger partial charge >= 0.3 is 0 Å². The monoisotopic (exact) mass is 324 g/mol. The molecule has 4 nitrogen and oxygen atoms in total. The lowest BCUT2D eigenvalue weighted by molar-refractivity contribution is 0.948. The summed E-state index contributed by atoms with van der Waals surface area (Å²) < 4.78 is 0. The molecule has 0 unspecified atom stereocenters. The molecule has 0 saturated heterocycles. The van der Waals surface area contributed by atoms with Crippen LogP contribution in [0.25, 0.3) is 0 Å². The molecule has 0 spiro atoms. The highest BCUT2D eigenvalue weighted by molar-refractivity contribution is 6.35. The molecular weight excluding hydrogens is 307 g/mol. The molecule has 0 fully saturated rings. The molecule has 1 aromatic heterocycles. The third-order valence-electron chi connectivity index (χ3n) is 2.93. The average Bonchev–Trinajstić information content (AvgIpc) is 2.39. The van der Waals surface area contributed by atoms with Gasteiger partial charge in [-0.25, -0.2) is 9.97 Å². The SMILES string of the molecule is CCCNc1nc(C)nc(Nc2cc(Cl)cc(Cl)c2)c1C. The first-order valence-electron chi connectivity index (χ1n) is 6.82. The largest absolute Gasteiger partial charge is 0.370 e. The highest BCUT2D eigenvalue weighted by Gasteiger charge is 2.09. The van der Waals surface area contributed by atoms with Crippen LogP contribution in [-0.4, -0.2) is 16.5 Å². The van der Waals surface area contributed by atoms with E-state index in [2.05, 4.69) is 27.5 Å². The van der Waals surface area contributed by atoms with Crippen LogP contribution >= 0.6 is 23.2 Å². The van der Waals surface area contributed by atoms with Gasteiger partial charge in [0.1, 0.15) is 17.5 Å². The summed E-state index contributed by atoms with van der Waals surface area (Å²) >= 11 is 12.0. The van der Waals surface area contributed by atoms with Crippen molar-refractivity contribution in [3.63, 3.8) is 0 Å². The van der Waals surface area contributed by atoms with Crippen LogP contribution in [0.2, 0.25) is 10.0 Å². The Labute approximate surface area is 134 Å². The molecule has 0 radical (unpaired) electrons. The van der Waals surface area contributed by atoms with E-state index in [1.807, 2.05) is 26.0 Å². The van der Waals surface area contributed by atoms with Crippen molar-refractivity contribution in [2.45, 2.75) is 27.2 Å². The Morgan fingerprint density at radius 2 is 1.62 bits per heavy atom. The van der Waals surface area contributed by atoms with Crippen molar-refractivity contribution in [3.05, 3.63) is 39.6 Å². The lowest BCUT2D eigenvalue weighted by Gasteiger charge is -2.14. The van der Waals surface area contributed by atoms with Crippen LogP contribution in [0.15, 0.2) is 18.2 Å². The van der Waals surface area contributed by atoms with E-state index in [9.17, 15) is 0 Å². The Bertz CT molecular complexity index is 624. The Morgan fingerprint density at radius 1 is 1.00 bits per heavy atom. The number of hydrogen-bond donors (Lipinski definition) is 2. The second-order valence-electron chi connectivity index (χ2n) is 4.80. The molecule has 2 aromatic rings. The third kappa shape index (κ3) is 4.22. The van der Waals surface area contributed by atoms with Gasteiger partial charge in [0.2, 0.25) is 0 Å². The Hall–Kier alpha value is -1.52. The maximum Gasteiger partial charge on any atom is 0.139 e. The number of aromatic nitrogens is 2. The van der Waals surface area contributed by atoms with Gasteiger partial charge in [-0.2, -0.15) is 0 Å². The van der Waals surface area contributed by atoms with Crippen LogP contribution in [0.4, 0.5) is 17.3 Å². The van der Waals surface area contributed by atoms with E-state index in [4.69, 9.17) is 23.2 Å². The first kappa shape index (κ1) is 15.9. The first-order chi connectivity index (χ1) is 9.99.